The number of anilines is 1. The lowest BCUT2D eigenvalue weighted by molar-refractivity contribution is -0.139. The number of nitrogens with zero attached hydrogens (tertiary/aromatic N) is 2. The molecule has 1 aliphatic heterocycles. The van der Waals surface area contributed by atoms with Crippen molar-refractivity contribution in [1.29, 1.82) is 0 Å². The zero-order chi connectivity index (χ0) is 23.3. The maximum absolute atomic E-state index is 13.1. The van der Waals surface area contributed by atoms with Gasteiger partial charge >= 0.3 is 0 Å². The molecule has 8 nitrogen and oxygen atoms in total. The van der Waals surface area contributed by atoms with E-state index in [-0.39, 0.29) is 18.7 Å². The van der Waals surface area contributed by atoms with Crippen LogP contribution in [0.1, 0.15) is 61.4 Å². The summed E-state index contributed by atoms with van der Waals surface area (Å²) in [6.45, 7) is 5.95. The summed E-state index contributed by atoms with van der Waals surface area (Å²) < 4.78 is 0. The van der Waals surface area contributed by atoms with E-state index < -0.39 is 17.9 Å². The number of benzene rings is 1. The predicted octanol–water partition coefficient (Wildman–Crippen LogP) is 2.32. The largest absolute Gasteiger partial charge is 0.385 e. The Balaban J connectivity index is 1.64. The summed E-state index contributed by atoms with van der Waals surface area (Å²) in [6, 6.07) is 5.07. The third-order valence-corrected chi connectivity index (χ3v) is 6.98. The van der Waals surface area contributed by atoms with Gasteiger partial charge in [-0.05, 0) is 76.2 Å². The second-order valence-electron chi connectivity index (χ2n) is 8.89. The molecule has 1 atom stereocenters. The Labute approximate surface area is 189 Å². The fraction of sp³-hybridized carbons (Fsp3) is 0.583. The molecule has 2 N–H and O–H groups in total. The van der Waals surface area contributed by atoms with Gasteiger partial charge in [-0.25, -0.2) is 0 Å². The molecule has 1 aromatic carbocycles. The molecule has 1 unspecified atom stereocenters. The highest BCUT2D eigenvalue weighted by molar-refractivity contribution is 6.08. The minimum atomic E-state index is -0.967. The van der Waals surface area contributed by atoms with Crippen molar-refractivity contribution in [3.8, 4) is 0 Å². The number of piperidine rings is 1. The minimum absolute atomic E-state index is 0.102. The molecule has 0 radical (unpaired) electrons. The third-order valence-electron chi connectivity index (χ3n) is 6.98. The molecule has 0 aromatic heterocycles. The van der Waals surface area contributed by atoms with Crippen LogP contribution in [0.15, 0.2) is 18.2 Å². The zero-order valence-corrected chi connectivity index (χ0v) is 19.2. The molecular weight excluding hydrogens is 408 g/mol. The van der Waals surface area contributed by atoms with Crippen LogP contribution in [-0.2, 0) is 14.4 Å². The second-order valence-corrected chi connectivity index (χ2v) is 8.89. The number of carbonyl (C=O) groups excluding carboxylic acids is 4. The Morgan fingerprint density at radius 1 is 1.19 bits per heavy atom. The molecule has 0 bridgehead atoms. The van der Waals surface area contributed by atoms with Crippen molar-refractivity contribution in [2.45, 2.75) is 64.5 Å². The molecule has 8 heteroatoms. The van der Waals surface area contributed by atoms with E-state index >= 15 is 0 Å². The number of carbonyl (C=O) groups is 4. The molecule has 1 aromatic rings. The van der Waals surface area contributed by atoms with E-state index in [9.17, 15) is 19.2 Å². The standard InChI is InChI=1S/C24H34N4O4/c1-4-27(3)18-10-8-17(9-11-18)14-25-20-7-5-6-19(16(20)2)24(32)28(15-29)21-12-13-22(30)26-23(21)31/h5-7,15,17-18,21,25H,4,8-14H2,1-3H3,(H,26,30,31)/t17-,18-,21?. The van der Waals surface area contributed by atoms with Crippen LogP contribution < -0.4 is 10.6 Å². The van der Waals surface area contributed by atoms with Crippen LogP contribution in [-0.4, -0.2) is 66.2 Å². The van der Waals surface area contributed by atoms with Gasteiger partial charge in [0.05, 0.1) is 0 Å². The number of rotatable bonds is 8. The smallest absolute Gasteiger partial charge is 0.261 e. The molecule has 1 saturated heterocycles. The van der Waals surface area contributed by atoms with E-state index in [0.717, 1.165) is 29.2 Å². The summed E-state index contributed by atoms with van der Waals surface area (Å²) >= 11 is 0. The molecule has 4 amide bonds. The fourth-order valence-corrected chi connectivity index (χ4v) is 4.71. The summed E-state index contributed by atoms with van der Waals surface area (Å²) in [4.78, 5) is 51.7. The van der Waals surface area contributed by atoms with Crippen molar-refractivity contribution in [1.82, 2.24) is 15.1 Å². The van der Waals surface area contributed by atoms with Crippen LogP contribution in [0.2, 0.25) is 0 Å². The van der Waals surface area contributed by atoms with Crippen molar-refractivity contribution in [2.75, 3.05) is 25.5 Å². The Kier molecular flexibility index (Phi) is 8.01. The van der Waals surface area contributed by atoms with Gasteiger partial charge in [-0.2, -0.15) is 0 Å². The maximum Gasteiger partial charge on any atom is 0.261 e. The molecule has 1 aliphatic carbocycles. The highest BCUT2D eigenvalue weighted by atomic mass is 16.2. The van der Waals surface area contributed by atoms with Crippen LogP contribution in [0.4, 0.5) is 5.69 Å². The molecule has 2 fully saturated rings. The van der Waals surface area contributed by atoms with Gasteiger partial charge in [-0.3, -0.25) is 29.4 Å². The van der Waals surface area contributed by atoms with Crippen LogP contribution in [0.3, 0.4) is 0 Å². The third kappa shape index (κ3) is 5.35. The lowest BCUT2D eigenvalue weighted by atomic mass is 9.85. The van der Waals surface area contributed by atoms with Crippen LogP contribution in [0.5, 0.6) is 0 Å². The van der Waals surface area contributed by atoms with E-state index in [1.165, 1.54) is 25.7 Å². The summed E-state index contributed by atoms with van der Waals surface area (Å²) in [5.41, 5.74) is 1.98. The highest BCUT2D eigenvalue weighted by Crippen LogP contribution is 2.28. The topological polar surface area (TPSA) is 98.8 Å². The van der Waals surface area contributed by atoms with Gasteiger partial charge in [0.15, 0.2) is 0 Å². The van der Waals surface area contributed by atoms with E-state index in [2.05, 4.69) is 29.5 Å². The summed E-state index contributed by atoms with van der Waals surface area (Å²) in [7, 11) is 2.19. The van der Waals surface area contributed by atoms with Crippen LogP contribution in [0.25, 0.3) is 0 Å². The van der Waals surface area contributed by atoms with Crippen molar-refractivity contribution >= 4 is 29.8 Å². The first-order valence-electron chi connectivity index (χ1n) is 11.5. The first kappa shape index (κ1) is 23.9. The SMILES string of the molecule is CCN(C)[C@H]1CC[C@H](CNc2cccc(C(=O)N(C=O)C3CCC(=O)NC3=O)c2C)CC1. The number of imide groups is 2. The molecular formula is C24H34N4O4. The lowest BCUT2D eigenvalue weighted by Crippen LogP contribution is -2.53. The van der Waals surface area contributed by atoms with Crippen molar-refractivity contribution < 1.29 is 19.2 Å². The van der Waals surface area contributed by atoms with E-state index in [0.29, 0.717) is 23.9 Å². The van der Waals surface area contributed by atoms with Crippen molar-refractivity contribution in [2.24, 2.45) is 5.92 Å². The van der Waals surface area contributed by atoms with Gasteiger partial charge in [0.1, 0.15) is 6.04 Å². The maximum atomic E-state index is 13.1. The summed E-state index contributed by atoms with van der Waals surface area (Å²) in [5.74, 6) is -0.941. The van der Waals surface area contributed by atoms with Gasteiger partial charge in [-0.15, -0.1) is 0 Å². The Morgan fingerprint density at radius 2 is 1.91 bits per heavy atom. The Bertz CT molecular complexity index is 864. The summed E-state index contributed by atoms with van der Waals surface area (Å²) in [5, 5.41) is 5.69. The van der Waals surface area contributed by atoms with E-state index in [1.54, 1.807) is 12.1 Å². The average molecular weight is 443 g/mol. The highest BCUT2D eigenvalue weighted by Gasteiger charge is 2.35. The monoisotopic (exact) mass is 442 g/mol. The lowest BCUT2D eigenvalue weighted by Gasteiger charge is -2.34. The van der Waals surface area contributed by atoms with Gasteiger partial charge < -0.3 is 10.2 Å². The molecule has 2 aliphatic rings. The molecule has 0 spiro atoms. The molecule has 1 heterocycles. The predicted molar refractivity (Wildman–Crippen MR) is 122 cm³/mol. The van der Waals surface area contributed by atoms with Crippen LogP contribution in [0, 0.1) is 12.8 Å². The first-order valence-corrected chi connectivity index (χ1v) is 11.5. The molecule has 32 heavy (non-hydrogen) atoms. The van der Waals surface area contributed by atoms with Crippen LogP contribution >= 0.6 is 0 Å². The quantitative estimate of drug-likeness (QED) is 0.474. The van der Waals surface area contributed by atoms with Crippen molar-refractivity contribution in [3.05, 3.63) is 29.3 Å². The number of hydrogen-bond acceptors (Lipinski definition) is 6. The molecule has 3 rings (SSSR count). The normalized spacial score (nSPS) is 23.6. The second kappa shape index (κ2) is 10.7. The number of amides is 4. The van der Waals surface area contributed by atoms with Gasteiger partial charge in [0, 0.05) is 30.3 Å². The van der Waals surface area contributed by atoms with Gasteiger partial charge in [0.25, 0.3) is 5.91 Å². The first-order chi connectivity index (χ1) is 15.3. The van der Waals surface area contributed by atoms with E-state index in [4.69, 9.17) is 0 Å². The summed E-state index contributed by atoms with van der Waals surface area (Å²) in [6.07, 6.45) is 5.38. The Morgan fingerprint density at radius 3 is 2.53 bits per heavy atom. The average Bonchev–Trinajstić information content (AvgIpc) is 2.80. The van der Waals surface area contributed by atoms with Gasteiger partial charge in [0.2, 0.25) is 18.2 Å². The zero-order valence-electron chi connectivity index (χ0n) is 19.2. The van der Waals surface area contributed by atoms with Crippen molar-refractivity contribution in [3.63, 3.8) is 0 Å². The fourth-order valence-electron chi connectivity index (χ4n) is 4.71. The number of nitrogens with one attached hydrogen (secondary N) is 2. The van der Waals surface area contributed by atoms with E-state index in [1.807, 2.05) is 13.0 Å². The Hall–Kier alpha value is -2.74. The minimum Gasteiger partial charge on any atom is -0.385 e. The van der Waals surface area contributed by atoms with Gasteiger partial charge in [-0.1, -0.05) is 13.0 Å². The molecule has 174 valence electrons. The molecule has 1 saturated carbocycles. The number of hydrogen-bond donors (Lipinski definition) is 2.